The van der Waals surface area contributed by atoms with E-state index in [2.05, 4.69) is 59.4 Å². The highest BCUT2D eigenvalue weighted by molar-refractivity contribution is 9.10. The van der Waals surface area contributed by atoms with Gasteiger partial charge in [0.05, 0.1) is 23.2 Å². The van der Waals surface area contributed by atoms with Gasteiger partial charge < -0.3 is 15.7 Å². The van der Waals surface area contributed by atoms with Crippen molar-refractivity contribution in [3.05, 3.63) is 50.9 Å². The third-order valence-electron chi connectivity index (χ3n) is 8.92. The molecule has 3 N–H and O–H groups in total. The number of hydrogen-bond acceptors (Lipinski definition) is 5. The maximum atomic E-state index is 13.2. The van der Waals surface area contributed by atoms with Crippen molar-refractivity contribution in [1.29, 1.82) is 0 Å². The zero-order valence-electron chi connectivity index (χ0n) is 23.2. The van der Waals surface area contributed by atoms with Gasteiger partial charge in [0.2, 0.25) is 0 Å². The highest BCUT2D eigenvalue weighted by Crippen LogP contribution is 2.45. The molecule has 0 spiro atoms. The number of amides is 1. The molecule has 0 saturated heterocycles. The van der Waals surface area contributed by atoms with Gasteiger partial charge in [0.15, 0.2) is 0 Å². The molecule has 1 amide bonds. The van der Waals surface area contributed by atoms with Crippen molar-refractivity contribution in [3.63, 3.8) is 0 Å². The van der Waals surface area contributed by atoms with Gasteiger partial charge in [-0.2, -0.15) is 9.78 Å². The lowest BCUT2D eigenvalue weighted by Crippen LogP contribution is -2.43. The van der Waals surface area contributed by atoms with Crippen LogP contribution in [0.5, 0.6) is 0 Å². The van der Waals surface area contributed by atoms with E-state index in [1.165, 1.54) is 4.68 Å². The molecule has 1 aromatic heterocycles. The molecule has 1 aromatic carbocycles. The molecule has 2 saturated carbocycles. The van der Waals surface area contributed by atoms with Gasteiger partial charge in [-0.25, -0.2) is 0 Å². The summed E-state index contributed by atoms with van der Waals surface area (Å²) in [6.07, 6.45) is 10.8. The summed E-state index contributed by atoms with van der Waals surface area (Å²) in [6, 6.07) is 7.11. The molecule has 2 aliphatic carbocycles. The second-order valence-electron chi connectivity index (χ2n) is 12.2. The number of nitrogens with zero attached hydrogens (tertiary/aromatic N) is 2. The minimum Gasteiger partial charge on any atom is -0.388 e. The number of anilines is 1. The van der Waals surface area contributed by atoms with Crippen LogP contribution in [0.2, 0.25) is 0 Å². The van der Waals surface area contributed by atoms with Gasteiger partial charge in [0.1, 0.15) is 4.47 Å². The minimum atomic E-state index is -0.825. The fraction of sp³-hybridized carbons (Fsp3) is 0.633. The van der Waals surface area contributed by atoms with Crippen LogP contribution < -0.4 is 16.2 Å². The first-order valence-corrected chi connectivity index (χ1v) is 15.0. The molecule has 2 aliphatic rings. The smallest absolute Gasteiger partial charge is 0.287 e. The highest BCUT2D eigenvalue weighted by Gasteiger charge is 2.39. The van der Waals surface area contributed by atoms with E-state index in [1.54, 1.807) is 30.5 Å². The molecule has 2 fully saturated rings. The van der Waals surface area contributed by atoms with Crippen molar-refractivity contribution >= 4 is 27.5 Å². The number of rotatable bonds is 7. The summed E-state index contributed by atoms with van der Waals surface area (Å²) in [7, 11) is 0. The average Bonchev–Trinajstić information content (AvgIpc) is 3.11. The second-order valence-corrected chi connectivity index (χ2v) is 13.0. The quantitative estimate of drug-likeness (QED) is 0.342. The molecule has 1 heterocycles. The monoisotopic (exact) mass is 586 g/mol. The van der Waals surface area contributed by atoms with E-state index >= 15 is 0 Å². The molecule has 0 bridgehead atoms. The van der Waals surface area contributed by atoms with Crippen LogP contribution in [-0.4, -0.2) is 39.0 Å². The highest BCUT2D eigenvalue weighted by atomic mass is 79.9. The predicted octanol–water partition coefficient (Wildman–Crippen LogP) is 6.07. The van der Waals surface area contributed by atoms with Crippen molar-refractivity contribution < 1.29 is 9.90 Å². The largest absolute Gasteiger partial charge is 0.388 e. The third kappa shape index (κ3) is 6.50. The maximum absolute atomic E-state index is 13.2. The standard InChI is InChI=1S/C30H43BrN4O3/c1-5-22-16-24(20(2)17-29(22,3)4)34-25-18-33-35(28(37)26(25)31)23-12-10-21(11-13-23)27(36)32-19-30(38)14-8-6-7-9-15-30/h10-13,18,20,22,24,34,38H,5-9,14-17,19H2,1-4H3,(H,32,36)/t20-,22+,24-/m1/s1. The van der Waals surface area contributed by atoms with Crippen molar-refractivity contribution in [2.75, 3.05) is 11.9 Å². The topological polar surface area (TPSA) is 96.2 Å². The average molecular weight is 588 g/mol. The van der Waals surface area contributed by atoms with Gasteiger partial charge in [0.25, 0.3) is 11.5 Å². The third-order valence-corrected chi connectivity index (χ3v) is 9.68. The number of hydrogen-bond donors (Lipinski definition) is 3. The molecule has 2 aromatic rings. The minimum absolute atomic E-state index is 0.231. The maximum Gasteiger partial charge on any atom is 0.287 e. The SMILES string of the molecule is CC[C@H]1C[C@@H](Nc2cnn(-c3ccc(C(=O)NCC4(O)CCCCCC4)cc3)c(=O)c2Br)[C@H](C)CC1(C)C. The lowest BCUT2D eigenvalue weighted by Gasteiger charge is -2.46. The molecule has 0 unspecified atom stereocenters. The van der Waals surface area contributed by atoms with Crippen LogP contribution in [0.3, 0.4) is 0 Å². The Balaban J connectivity index is 1.43. The van der Waals surface area contributed by atoms with Gasteiger partial charge in [-0.3, -0.25) is 9.59 Å². The number of aromatic nitrogens is 2. The number of halogens is 1. The van der Waals surface area contributed by atoms with Crippen LogP contribution in [0.15, 0.2) is 39.7 Å². The number of carbonyl (C=O) groups is 1. The molecule has 38 heavy (non-hydrogen) atoms. The Labute approximate surface area is 234 Å². The summed E-state index contributed by atoms with van der Waals surface area (Å²) in [5.74, 6) is 0.892. The Hall–Kier alpha value is -2.19. The van der Waals surface area contributed by atoms with Crippen LogP contribution in [0.25, 0.3) is 5.69 Å². The van der Waals surface area contributed by atoms with Gasteiger partial charge in [-0.05, 0) is 83.1 Å². The predicted molar refractivity (Wildman–Crippen MR) is 156 cm³/mol. The lowest BCUT2D eigenvalue weighted by atomic mass is 9.63. The van der Waals surface area contributed by atoms with E-state index in [4.69, 9.17) is 0 Å². The Morgan fingerprint density at radius 2 is 1.82 bits per heavy atom. The zero-order chi connectivity index (χ0) is 27.5. The summed E-state index contributed by atoms with van der Waals surface area (Å²) in [6.45, 7) is 9.52. The lowest BCUT2D eigenvalue weighted by molar-refractivity contribution is 0.0246. The summed E-state index contributed by atoms with van der Waals surface area (Å²) in [5.41, 5.74) is 1.03. The van der Waals surface area contributed by atoms with E-state index in [-0.39, 0.29) is 24.1 Å². The summed E-state index contributed by atoms with van der Waals surface area (Å²) in [5, 5.41) is 21.7. The van der Waals surface area contributed by atoms with Gasteiger partial charge in [0, 0.05) is 18.2 Å². The fourth-order valence-corrected chi connectivity index (χ4v) is 6.88. The van der Waals surface area contributed by atoms with E-state index in [9.17, 15) is 14.7 Å². The zero-order valence-corrected chi connectivity index (χ0v) is 24.8. The Kier molecular flexibility index (Phi) is 9.03. The molecule has 4 rings (SSSR count). The molecule has 7 nitrogen and oxygen atoms in total. The molecule has 3 atom stereocenters. The Morgan fingerprint density at radius 3 is 2.45 bits per heavy atom. The van der Waals surface area contributed by atoms with E-state index in [1.807, 2.05) is 0 Å². The summed E-state index contributed by atoms with van der Waals surface area (Å²) in [4.78, 5) is 25.9. The number of carbonyl (C=O) groups excluding carboxylic acids is 1. The molecule has 208 valence electrons. The number of aliphatic hydroxyl groups is 1. The van der Waals surface area contributed by atoms with Crippen LogP contribution in [-0.2, 0) is 0 Å². The van der Waals surface area contributed by atoms with E-state index in [0.717, 1.165) is 57.8 Å². The number of nitrogens with one attached hydrogen (secondary N) is 2. The molecular weight excluding hydrogens is 544 g/mol. The normalized spacial score (nSPS) is 24.8. The van der Waals surface area contributed by atoms with Gasteiger partial charge in [-0.15, -0.1) is 0 Å². The van der Waals surface area contributed by atoms with Crippen molar-refractivity contribution in [3.8, 4) is 5.69 Å². The van der Waals surface area contributed by atoms with Gasteiger partial charge >= 0.3 is 0 Å². The first-order valence-electron chi connectivity index (χ1n) is 14.2. The van der Waals surface area contributed by atoms with Crippen LogP contribution in [0.1, 0.15) is 95.8 Å². The number of benzene rings is 1. The summed E-state index contributed by atoms with van der Waals surface area (Å²) < 4.78 is 1.80. The molecule has 0 radical (unpaired) electrons. The Bertz CT molecular complexity index is 1170. The molecule has 0 aliphatic heterocycles. The van der Waals surface area contributed by atoms with E-state index in [0.29, 0.717) is 38.7 Å². The molecule has 8 heteroatoms. The van der Waals surface area contributed by atoms with Crippen LogP contribution >= 0.6 is 15.9 Å². The van der Waals surface area contributed by atoms with Crippen molar-refractivity contribution in [2.45, 2.75) is 97.1 Å². The van der Waals surface area contributed by atoms with Crippen LogP contribution in [0.4, 0.5) is 5.69 Å². The van der Waals surface area contributed by atoms with E-state index < -0.39 is 5.60 Å². The van der Waals surface area contributed by atoms with Crippen LogP contribution in [0, 0.1) is 17.3 Å². The van der Waals surface area contributed by atoms with Crippen molar-refractivity contribution in [1.82, 2.24) is 15.1 Å². The summed E-state index contributed by atoms with van der Waals surface area (Å²) >= 11 is 3.51. The Morgan fingerprint density at radius 1 is 1.16 bits per heavy atom. The van der Waals surface area contributed by atoms with Gasteiger partial charge in [-0.1, -0.05) is 59.8 Å². The second kappa shape index (κ2) is 11.9. The van der Waals surface area contributed by atoms with Crippen molar-refractivity contribution in [2.24, 2.45) is 17.3 Å². The first kappa shape index (κ1) is 28.8. The fourth-order valence-electron chi connectivity index (χ4n) is 6.50. The molecular formula is C30H43BrN4O3. The first-order chi connectivity index (χ1) is 18.0.